The van der Waals surface area contributed by atoms with Crippen LogP contribution in [0.4, 0.5) is 0 Å². The summed E-state index contributed by atoms with van der Waals surface area (Å²) in [4.78, 5) is 0. The molecule has 0 radical (unpaired) electrons. The molecule has 7 aromatic rings. The Morgan fingerprint density at radius 2 is 1.23 bits per heavy atom. The van der Waals surface area contributed by atoms with Crippen LogP contribution in [0, 0.1) is 12.8 Å². The summed E-state index contributed by atoms with van der Waals surface area (Å²) in [6.45, 7) is 2.24. The summed E-state index contributed by atoms with van der Waals surface area (Å²) in [5.74, 6) is 0.437. The minimum absolute atomic E-state index is 0.202. The normalized spacial score (nSPS) is 16.8. The molecule has 0 aromatic heterocycles. The van der Waals surface area contributed by atoms with Crippen molar-refractivity contribution in [3.05, 3.63) is 209 Å². The minimum Gasteiger partial charge on any atom is -0.0760 e. The summed E-state index contributed by atoms with van der Waals surface area (Å²) in [5.41, 5.74) is 14.5. The molecular formula is C47H34. The molecule has 2 aliphatic carbocycles. The number of hydrogen-bond donors (Lipinski definition) is 0. The highest BCUT2D eigenvalue weighted by atomic mass is 14.4. The standard InChI is InChI=1S/C47H34/c1-31-28-44(45(33-15-3-2-4-16-33)39-21-8-7-20-38(31)39)35-18-13-19-36(30-35)46-40-22-9-11-24-42(40)47(43-25-12-10-23-41(43)46)37-27-26-32-14-5-6-17-34(32)29-37/h2-30,40,46H,1H3. The summed E-state index contributed by atoms with van der Waals surface area (Å²) >= 11 is 0. The Kier molecular flexibility index (Phi) is 6.61. The Balaban J connectivity index is 1.24. The van der Waals surface area contributed by atoms with Crippen molar-refractivity contribution in [2.75, 3.05) is 0 Å². The van der Waals surface area contributed by atoms with E-state index >= 15 is 0 Å². The molecule has 9 rings (SSSR count). The third-order valence-corrected chi connectivity index (χ3v) is 10.2. The molecule has 222 valence electrons. The van der Waals surface area contributed by atoms with Crippen LogP contribution in [0.1, 0.15) is 33.7 Å². The van der Waals surface area contributed by atoms with Gasteiger partial charge in [0, 0.05) is 11.8 Å². The van der Waals surface area contributed by atoms with E-state index in [1.807, 2.05) is 0 Å². The van der Waals surface area contributed by atoms with E-state index in [4.69, 9.17) is 0 Å². The first kappa shape index (κ1) is 27.6. The monoisotopic (exact) mass is 598 g/mol. The predicted octanol–water partition coefficient (Wildman–Crippen LogP) is 12.3. The summed E-state index contributed by atoms with van der Waals surface area (Å²) in [6.07, 6.45) is 9.21. The average molecular weight is 599 g/mol. The predicted molar refractivity (Wildman–Crippen MR) is 200 cm³/mol. The van der Waals surface area contributed by atoms with Gasteiger partial charge in [0.15, 0.2) is 0 Å². The van der Waals surface area contributed by atoms with Gasteiger partial charge in [-0.3, -0.25) is 0 Å². The van der Waals surface area contributed by atoms with Crippen molar-refractivity contribution in [2.45, 2.75) is 12.8 Å². The second kappa shape index (κ2) is 11.3. The van der Waals surface area contributed by atoms with Crippen molar-refractivity contribution in [3.63, 3.8) is 0 Å². The molecule has 0 heteroatoms. The molecular weight excluding hydrogens is 565 g/mol. The van der Waals surface area contributed by atoms with Gasteiger partial charge in [0.1, 0.15) is 0 Å². The van der Waals surface area contributed by atoms with Crippen LogP contribution in [-0.4, -0.2) is 0 Å². The Labute approximate surface area is 276 Å². The molecule has 7 aromatic carbocycles. The van der Waals surface area contributed by atoms with Crippen LogP contribution in [0.2, 0.25) is 0 Å². The fourth-order valence-electron chi connectivity index (χ4n) is 8.10. The highest BCUT2D eigenvalue weighted by Gasteiger charge is 2.35. The molecule has 0 spiro atoms. The second-order valence-corrected chi connectivity index (χ2v) is 12.9. The van der Waals surface area contributed by atoms with E-state index in [1.54, 1.807) is 0 Å². The van der Waals surface area contributed by atoms with E-state index in [2.05, 4.69) is 183 Å². The largest absolute Gasteiger partial charge is 0.0760 e. The van der Waals surface area contributed by atoms with Crippen molar-refractivity contribution in [1.29, 1.82) is 0 Å². The van der Waals surface area contributed by atoms with Crippen molar-refractivity contribution < 1.29 is 0 Å². The SMILES string of the molecule is Cc1cc(-c2cccc(C3c4ccccc4C(c4ccc5ccccc5c4)=C4C=CC=CC43)c2)c(-c2ccccc2)c2ccccc12. The van der Waals surface area contributed by atoms with Crippen molar-refractivity contribution in [1.82, 2.24) is 0 Å². The molecule has 0 nitrogen and oxygen atoms in total. The number of aryl methyl sites for hydroxylation is 1. The lowest BCUT2D eigenvalue weighted by atomic mass is 9.66. The van der Waals surface area contributed by atoms with E-state index in [0.29, 0.717) is 0 Å². The fourth-order valence-corrected chi connectivity index (χ4v) is 8.10. The van der Waals surface area contributed by atoms with E-state index in [-0.39, 0.29) is 11.8 Å². The lowest BCUT2D eigenvalue weighted by Crippen LogP contribution is -2.22. The smallest absolute Gasteiger partial charge is 0.0199 e. The quantitative estimate of drug-likeness (QED) is 0.189. The van der Waals surface area contributed by atoms with Crippen LogP contribution in [0.25, 0.3) is 49.4 Å². The molecule has 0 saturated heterocycles. The van der Waals surface area contributed by atoms with Gasteiger partial charge >= 0.3 is 0 Å². The third kappa shape index (κ3) is 4.60. The van der Waals surface area contributed by atoms with E-state index in [1.165, 1.54) is 82.8 Å². The van der Waals surface area contributed by atoms with Gasteiger partial charge in [0.05, 0.1) is 0 Å². The van der Waals surface area contributed by atoms with Crippen LogP contribution in [-0.2, 0) is 0 Å². The highest BCUT2D eigenvalue weighted by Crippen LogP contribution is 2.51. The molecule has 0 saturated carbocycles. The highest BCUT2D eigenvalue weighted by molar-refractivity contribution is 6.05. The molecule has 0 bridgehead atoms. The summed E-state index contributed by atoms with van der Waals surface area (Å²) < 4.78 is 0. The molecule has 2 aliphatic rings. The second-order valence-electron chi connectivity index (χ2n) is 12.9. The lowest BCUT2D eigenvalue weighted by Gasteiger charge is -2.37. The molecule has 0 fully saturated rings. The number of allylic oxidation sites excluding steroid dienone is 5. The van der Waals surface area contributed by atoms with Crippen molar-refractivity contribution in [2.24, 2.45) is 5.92 Å². The maximum atomic E-state index is 2.46. The molecule has 2 unspecified atom stereocenters. The number of benzene rings is 7. The van der Waals surface area contributed by atoms with E-state index in [9.17, 15) is 0 Å². The van der Waals surface area contributed by atoms with Crippen LogP contribution >= 0.6 is 0 Å². The fraction of sp³-hybridized carbons (Fsp3) is 0.0638. The van der Waals surface area contributed by atoms with Crippen LogP contribution < -0.4 is 0 Å². The molecule has 0 N–H and O–H groups in total. The number of rotatable bonds is 4. The molecule has 0 amide bonds. The molecule has 2 atom stereocenters. The van der Waals surface area contributed by atoms with Gasteiger partial charge < -0.3 is 0 Å². The lowest BCUT2D eigenvalue weighted by molar-refractivity contribution is 0.649. The maximum absolute atomic E-state index is 2.46. The first-order valence-electron chi connectivity index (χ1n) is 16.6. The van der Waals surface area contributed by atoms with Crippen molar-refractivity contribution >= 4 is 27.1 Å². The summed E-state index contributed by atoms with van der Waals surface area (Å²) in [5, 5.41) is 5.16. The zero-order valence-electron chi connectivity index (χ0n) is 26.4. The van der Waals surface area contributed by atoms with Gasteiger partial charge in [-0.05, 0) is 95.8 Å². The maximum Gasteiger partial charge on any atom is 0.0199 e. The van der Waals surface area contributed by atoms with Crippen LogP contribution in [0.15, 0.2) is 182 Å². The van der Waals surface area contributed by atoms with Gasteiger partial charge in [-0.25, -0.2) is 0 Å². The Morgan fingerprint density at radius 1 is 0.489 bits per heavy atom. The first-order chi connectivity index (χ1) is 23.2. The Hall–Kier alpha value is -5.72. The van der Waals surface area contributed by atoms with Crippen LogP contribution in [0.3, 0.4) is 0 Å². The molecule has 47 heavy (non-hydrogen) atoms. The van der Waals surface area contributed by atoms with E-state index in [0.717, 1.165) is 0 Å². The number of hydrogen-bond acceptors (Lipinski definition) is 0. The topological polar surface area (TPSA) is 0 Å². The van der Waals surface area contributed by atoms with Gasteiger partial charge in [-0.2, -0.15) is 0 Å². The first-order valence-corrected chi connectivity index (χ1v) is 16.6. The van der Waals surface area contributed by atoms with Gasteiger partial charge in [0.2, 0.25) is 0 Å². The molecule has 0 heterocycles. The third-order valence-electron chi connectivity index (χ3n) is 10.2. The van der Waals surface area contributed by atoms with E-state index < -0.39 is 0 Å². The minimum atomic E-state index is 0.202. The van der Waals surface area contributed by atoms with Crippen molar-refractivity contribution in [3.8, 4) is 22.3 Å². The van der Waals surface area contributed by atoms with Gasteiger partial charge in [0.25, 0.3) is 0 Å². The summed E-state index contributed by atoms with van der Waals surface area (Å²) in [6, 6.07) is 56.2. The summed E-state index contributed by atoms with van der Waals surface area (Å²) in [7, 11) is 0. The van der Waals surface area contributed by atoms with Gasteiger partial charge in [-0.15, -0.1) is 0 Å². The zero-order valence-corrected chi connectivity index (χ0v) is 26.4. The average Bonchev–Trinajstić information content (AvgIpc) is 3.14. The Morgan fingerprint density at radius 3 is 2.13 bits per heavy atom. The van der Waals surface area contributed by atoms with Crippen LogP contribution in [0.5, 0.6) is 0 Å². The zero-order chi connectivity index (χ0) is 31.3. The number of fused-ring (bicyclic) bond motifs is 4. The van der Waals surface area contributed by atoms with Gasteiger partial charge in [-0.1, -0.05) is 170 Å². The molecule has 0 aliphatic heterocycles. The Bertz CT molecular complexity index is 2420.